The van der Waals surface area contributed by atoms with Gasteiger partial charge in [0.25, 0.3) is 0 Å². The Kier molecular flexibility index (Phi) is 4.79. The third kappa shape index (κ3) is 3.34. The van der Waals surface area contributed by atoms with E-state index in [0.29, 0.717) is 0 Å². The van der Waals surface area contributed by atoms with E-state index in [4.69, 9.17) is 4.74 Å². The molecule has 2 heteroatoms. The van der Waals surface area contributed by atoms with Crippen molar-refractivity contribution in [3.8, 4) is 16.9 Å². The summed E-state index contributed by atoms with van der Waals surface area (Å²) < 4.78 is 5.86. The minimum Gasteiger partial charge on any atom is -0.487 e. The van der Waals surface area contributed by atoms with Crippen LogP contribution in [0.25, 0.3) is 11.1 Å². The average Bonchev–Trinajstić information content (AvgIpc) is 2.45. The number of likely N-dealkylation sites (N-methyl/N-ethyl adjacent to an activating group) is 1. The molecule has 0 aliphatic carbocycles. The average molecular weight is 242 g/mol. The maximum atomic E-state index is 5.86. The quantitative estimate of drug-likeness (QED) is 0.773. The Hall–Kier alpha value is -1.80. The first-order valence-electron chi connectivity index (χ1n) is 6.50. The standard InChI is InChI=1S/C16H19NO/c1-2-17-12-13-18-16-11-7-6-10-15(16)14-8-4-3-5-9-14/h3-11,17H,2,12-13H2,1H3/p+1. The second-order valence-electron chi connectivity index (χ2n) is 4.20. The number of ether oxygens (including phenoxy) is 1. The molecule has 0 atom stereocenters. The van der Waals surface area contributed by atoms with E-state index in [1.54, 1.807) is 0 Å². The van der Waals surface area contributed by atoms with Crippen molar-refractivity contribution >= 4 is 0 Å². The van der Waals surface area contributed by atoms with Gasteiger partial charge in [-0.2, -0.15) is 0 Å². The van der Waals surface area contributed by atoms with Gasteiger partial charge in [-0.05, 0) is 18.6 Å². The van der Waals surface area contributed by atoms with Crippen molar-refractivity contribution in [3.63, 3.8) is 0 Å². The highest BCUT2D eigenvalue weighted by molar-refractivity contribution is 5.70. The summed E-state index contributed by atoms with van der Waals surface area (Å²) >= 11 is 0. The summed E-state index contributed by atoms with van der Waals surface area (Å²) in [5.74, 6) is 0.966. The van der Waals surface area contributed by atoms with E-state index in [-0.39, 0.29) is 0 Å². The Balaban J connectivity index is 2.11. The van der Waals surface area contributed by atoms with E-state index >= 15 is 0 Å². The van der Waals surface area contributed by atoms with Crippen LogP contribution in [-0.4, -0.2) is 19.7 Å². The molecule has 0 saturated carbocycles. The number of nitrogens with two attached hydrogens (primary N) is 1. The Morgan fingerprint density at radius 2 is 1.67 bits per heavy atom. The van der Waals surface area contributed by atoms with E-state index in [1.165, 1.54) is 5.56 Å². The van der Waals surface area contributed by atoms with E-state index in [0.717, 1.165) is 31.0 Å². The number of quaternary nitrogens is 1. The highest BCUT2D eigenvalue weighted by Gasteiger charge is 2.04. The van der Waals surface area contributed by atoms with Crippen LogP contribution in [0.2, 0.25) is 0 Å². The molecule has 2 aromatic carbocycles. The molecule has 0 bridgehead atoms. The molecule has 0 aromatic heterocycles. The van der Waals surface area contributed by atoms with Crippen LogP contribution in [0.15, 0.2) is 54.6 Å². The first-order chi connectivity index (χ1) is 8.92. The van der Waals surface area contributed by atoms with Crippen molar-refractivity contribution in [1.82, 2.24) is 0 Å². The van der Waals surface area contributed by atoms with Gasteiger partial charge < -0.3 is 10.1 Å². The van der Waals surface area contributed by atoms with Crippen LogP contribution in [0, 0.1) is 0 Å². The summed E-state index contributed by atoms with van der Waals surface area (Å²) in [6, 6.07) is 18.6. The highest BCUT2D eigenvalue weighted by Crippen LogP contribution is 2.29. The molecular formula is C16H20NO+. The molecular weight excluding hydrogens is 222 g/mol. The number of para-hydroxylation sites is 1. The maximum Gasteiger partial charge on any atom is 0.137 e. The third-order valence-electron chi connectivity index (χ3n) is 2.84. The molecule has 2 rings (SSSR count). The fourth-order valence-corrected chi connectivity index (χ4v) is 1.91. The summed E-state index contributed by atoms with van der Waals surface area (Å²) in [7, 11) is 0. The zero-order valence-electron chi connectivity index (χ0n) is 10.8. The van der Waals surface area contributed by atoms with Gasteiger partial charge in [0.15, 0.2) is 0 Å². The second kappa shape index (κ2) is 6.82. The molecule has 2 aromatic rings. The molecule has 0 amide bonds. The van der Waals surface area contributed by atoms with Crippen LogP contribution in [0.1, 0.15) is 6.92 Å². The van der Waals surface area contributed by atoms with Crippen molar-refractivity contribution in [2.75, 3.05) is 19.7 Å². The maximum absolute atomic E-state index is 5.86. The van der Waals surface area contributed by atoms with Gasteiger partial charge in [-0.3, -0.25) is 0 Å². The van der Waals surface area contributed by atoms with Crippen LogP contribution in [-0.2, 0) is 0 Å². The Labute approximate surface area is 109 Å². The number of hydrogen-bond donors (Lipinski definition) is 1. The molecule has 2 N–H and O–H groups in total. The molecule has 18 heavy (non-hydrogen) atoms. The van der Waals surface area contributed by atoms with Crippen molar-refractivity contribution in [2.45, 2.75) is 6.92 Å². The van der Waals surface area contributed by atoms with Crippen LogP contribution in [0.5, 0.6) is 5.75 Å². The molecule has 0 heterocycles. The highest BCUT2D eigenvalue weighted by atomic mass is 16.5. The van der Waals surface area contributed by atoms with Crippen LogP contribution in [0.3, 0.4) is 0 Å². The smallest absolute Gasteiger partial charge is 0.137 e. The summed E-state index contributed by atoms with van der Waals surface area (Å²) in [5, 5.41) is 2.24. The molecule has 0 radical (unpaired) electrons. The van der Waals surface area contributed by atoms with Crippen molar-refractivity contribution in [1.29, 1.82) is 0 Å². The normalized spacial score (nSPS) is 10.3. The Bertz CT molecular complexity index is 468. The third-order valence-corrected chi connectivity index (χ3v) is 2.84. The molecule has 0 aliphatic rings. The Morgan fingerprint density at radius 1 is 0.944 bits per heavy atom. The zero-order valence-corrected chi connectivity index (χ0v) is 10.8. The summed E-state index contributed by atoms with van der Waals surface area (Å²) in [4.78, 5) is 0. The summed E-state index contributed by atoms with van der Waals surface area (Å²) in [6.07, 6.45) is 0. The van der Waals surface area contributed by atoms with E-state index in [2.05, 4.69) is 42.6 Å². The lowest BCUT2D eigenvalue weighted by molar-refractivity contribution is -0.652. The Morgan fingerprint density at radius 3 is 2.44 bits per heavy atom. The molecule has 0 saturated heterocycles. The zero-order chi connectivity index (χ0) is 12.6. The molecule has 0 unspecified atom stereocenters. The number of hydrogen-bond acceptors (Lipinski definition) is 1. The lowest BCUT2D eigenvalue weighted by Gasteiger charge is -2.10. The predicted molar refractivity (Wildman–Crippen MR) is 74.7 cm³/mol. The largest absolute Gasteiger partial charge is 0.487 e. The van der Waals surface area contributed by atoms with Crippen molar-refractivity contribution < 1.29 is 10.1 Å². The van der Waals surface area contributed by atoms with Gasteiger partial charge in [0, 0.05) is 5.56 Å². The minimum atomic E-state index is 0.748. The van der Waals surface area contributed by atoms with Gasteiger partial charge in [0.05, 0.1) is 6.54 Å². The van der Waals surface area contributed by atoms with E-state index in [9.17, 15) is 0 Å². The SMILES string of the molecule is CC[NH2+]CCOc1ccccc1-c1ccccc1. The van der Waals surface area contributed by atoms with Crippen LogP contribution < -0.4 is 10.1 Å². The van der Waals surface area contributed by atoms with E-state index < -0.39 is 0 Å². The van der Waals surface area contributed by atoms with Gasteiger partial charge >= 0.3 is 0 Å². The monoisotopic (exact) mass is 242 g/mol. The van der Waals surface area contributed by atoms with Crippen molar-refractivity contribution in [3.05, 3.63) is 54.6 Å². The van der Waals surface area contributed by atoms with Gasteiger partial charge in [-0.1, -0.05) is 48.5 Å². The first-order valence-corrected chi connectivity index (χ1v) is 6.50. The summed E-state index contributed by atoms with van der Waals surface area (Å²) in [5.41, 5.74) is 2.36. The molecule has 0 fully saturated rings. The van der Waals surface area contributed by atoms with Crippen LogP contribution >= 0.6 is 0 Å². The van der Waals surface area contributed by atoms with Crippen molar-refractivity contribution in [2.24, 2.45) is 0 Å². The fraction of sp³-hybridized carbons (Fsp3) is 0.250. The van der Waals surface area contributed by atoms with Gasteiger partial charge in [-0.25, -0.2) is 0 Å². The lowest BCUT2D eigenvalue weighted by atomic mass is 10.1. The van der Waals surface area contributed by atoms with Gasteiger partial charge in [0.1, 0.15) is 18.9 Å². The minimum absolute atomic E-state index is 0.748. The molecule has 0 aliphatic heterocycles. The lowest BCUT2D eigenvalue weighted by Crippen LogP contribution is -2.84. The molecule has 94 valence electrons. The fourth-order valence-electron chi connectivity index (χ4n) is 1.91. The second-order valence-corrected chi connectivity index (χ2v) is 4.20. The first kappa shape index (κ1) is 12.7. The van der Waals surface area contributed by atoms with Crippen LogP contribution in [0.4, 0.5) is 0 Å². The summed E-state index contributed by atoms with van der Waals surface area (Å²) in [6.45, 7) is 5.00. The molecule has 2 nitrogen and oxygen atoms in total. The van der Waals surface area contributed by atoms with E-state index in [1.807, 2.05) is 24.3 Å². The molecule has 0 spiro atoms. The predicted octanol–water partition coefficient (Wildman–Crippen LogP) is 2.32. The van der Waals surface area contributed by atoms with Gasteiger partial charge in [-0.15, -0.1) is 0 Å². The topological polar surface area (TPSA) is 25.8 Å². The van der Waals surface area contributed by atoms with Gasteiger partial charge in [0.2, 0.25) is 0 Å². The number of benzene rings is 2. The number of rotatable bonds is 6.